The molecule has 0 radical (unpaired) electrons. The predicted molar refractivity (Wildman–Crippen MR) is 95.8 cm³/mol. The van der Waals surface area contributed by atoms with Crippen molar-refractivity contribution in [2.75, 3.05) is 5.32 Å². The van der Waals surface area contributed by atoms with E-state index in [-0.39, 0.29) is 11.5 Å². The number of carbonyl (C=O) groups is 1. The smallest absolute Gasteiger partial charge is 0.335 e. The first-order valence-electron chi connectivity index (χ1n) is 7.41. The number of thiazole rings is 1. The number of benzene rings is 1. The van der Waals surface area contributed by atoms with Gasteiger partial charge >= 0.3 is 5.63 Å². The molecule has 122 valence electrons. The van der Waals surface area contributed by atoms with Gasteiger partial charge in [0.2, 0.25) is 0 Å². The van der Waals surface area contributed by atoms with Crippen molar-refractivity contribution in [1.82, 2.24) is 9.97 Å². The van der Waals surface area contributed by atoms with E-state index in [1.54, 1.807) is 18.3 Å². The number of nitrogens with zero attached hydrogens (tertiary/aromatic N) is 2. The molecular weight excluding hydrogens is 338 g/mol. The molecule has 25 heavy (non-hydrogen) atoms. The molecule has 0 spiro atoms. The van der Waals surface area contributed by atoms with Gasteiger partial charge in [-0.25, -0.2) is 14.8 Å². The number of rotatable bonds is 3. The van der Waals surface area contributed by atoms with Gasteiger partial charge in [-0.05, 0) is 42.5 Å². The van der Waals surface area contributed by atoms with Crippen molar-refractivity contribution in [1.29, 1.82) is 0 Å². The van der Waals surface area contributed by atoms with Crippen LogP contribution in [0.1, 0.15) is 10.4 Å². The molecular formula is C18H11N3O3S. The minimum atomic E-state index is -0.494. The van der Waals surface area contributed by atoms with Crippen molar-refractivity contribution < 1.29 is 9.21 Å². The minimum absolute atomic E-state index is 0.279. The van der Waals surface area contributed by atoms with Crippen molar-refractivity contribution in [2.24, 2.45) is 0 Å². The number of nitrogens with one attached hydrogen (secondary N) is 1. The molecule has 7 heteroatoms. The Morgan fingerprint density at radius 2 is 1.92 bits per heavy atom. The van der Waals surface area contributed by atoms with Crippen molar-refractivity contribution in [2.45, 2.75) is 0 Å². The Bertz CT molecular complexity index is 1060. The molecule has 0 aliphatic carbocycles. The van der Waals surface area contributed by atoms with Crippen molar-refractivity contribution in [3.8, 4) is 10.6 Å². The van der Waals surface area contributed by atoms with Gasteiger partial charge in [0.15, 0.2) is 0 Å². The molecule has 1 N–H and O–H groups in total. The number of carbonyl (C=O) groups excluding carboxylic acids is 1. The van der Waals surface area contributed by atoms with Gasteiger partial charge in [0.1, 0.15) is 21.6 Å². The Morgan fingerprint density at radius 3 is 2.64 bits per heavy atom. The summed E-state index contributed by atoms with van der Waals surface area (Å²) in [4.78, 5) is 32.8. The quantitative estimate of drug-likeness (QED) is 0.611. The zero-order valence-corrected chi connectivity index (χ0v) is 13.6. The maximum atomic E-state index is 12.1. The molecule has 0 aliphatic heterocycles. The van der Waals surface area contributed by atoms with Crippen LogP contribution in [0.5, 0.6) is 0 Å². The van der Waals surface area contributed by atoms with E-state index in [4.69, 9.17) is 4.42 Å². The van der Waals surface area contributed by atoms with Gasteiger partial charge in [-0.3, -0.25) is 4.79 Å². The van der Waals surface area contributed by atoms with Crippen molar-refractivity contribution in [3.05, 3.63) is 77.0 Å². The molecule has 0 saturated carbocycles. The number of pyridine rings is 1. The molecule has 4 rings (SSSR count). The van der Waals surface area contributed by atoms with E-state index < -0.39 is 5.63 Å². The number of anilines is 1. The van der Waals surface area contributed by atoms with E-state index in [1.807, 2.05) is 24.3 Å². The van der Waals surface area contributed by atoms with Crippen molar-refractivity contribution in [3.63, 3.8) is 0 Å². The Morgan fingerprint density at radius 1 is 1.08 bits per heavy atom. The Hall–Kier alpha value is -3.32. The number of hydrogen-bond acceptors (Lipinski definition) is 6. The lowest BCUT2D eigenvalue weighted by molar-refractivity contribution is 0.102. The third kappa shape index (κ3) is 3.17. The number of amides is 1. The Labute approximate surface area is 145 Å². The van der Waals surface area contributed by atoms with Gasteiger partial charge in [-0.2, -0.15) is 0 Å². The van der Waals surface area contributed by atoms with E-state index in [0.29, 0.717) is 5.69 Å². The summed E-state index contributed by atoms with van der Waals surface area (Å²) in [7, 11) is 0. The van der Waals surface area contributed by atoms with Crippen LogP contribution in [-0.4, -0.2) is 15.9 Å². The average molecular weight is 349 g/mol. The molecule has 3 aromatic heterocycles. The topological polar surface area (TPSA) is 85.1 Å². The van der Waals surface area contributed by atoms with Crippen LogP contribution >= 0.6 is 11.3 Å². The van der Waals surface area contributed by atoms with E-state index in [2.05, 4.69) is 15.3 Å². The lowest BCUT2D eigenvalue weighted by Gasteiger charge is -2.05. The zero-order valence-electron chi connectivity index (χ0n) is 12.8. The van der Waals surface area contributed by atoms with Crippen LogP contribution in [0.25, 0.3) is 20.9 Å². The summed E-state index contributed by atoms with van der Waals surface area (Å²) in [6, 6.07) is 13.8. The molecule has 0 atom stereocenters. The summed E-state index contributed by atoms with van der Waals surface area (Å²) in [5.41, 5.74) is 2.24. The average Bonchev–Trinajstić information content (AvgIpc) is 3.07. The van der Waals surface area contributed by atoms with Crippen LogP contribution in [0.15, 0.2) is 70.2 Å². The van der Waals surface area contributed by atoms with Gasteiger partial charge in [0.25, 0.3) is 5.91 Å². The standard InChI is InChI=1S/C18H11N3O3S/c22-15-8-5-12(10-24-15)16(23)20-13-6-3-11(4-7-13)17-21-14-2-1-9-19-18(14)25-17/h1-10H,(H,20,23). The van der Waals surface area contributed by atoms with E-state index in [1.165, 1.54) is 23.5 Å². The zero-order chi connectivity index (χ0) is 17.2. The van der Waals surface area contributed by atoms with Gasteiger partial charge < -0.3 is 9.73 Å². The Kier molecular flexibility index (Phi) is 3.83. The normalized spacial score (nSPS) is 10.7. The number of aromatic nitrogens is 2. The first-order chi connectivity index (χ1) is 12.2. The number of fused-ring (bicyclic) bond motifs is 1. The second-order valence-electron chi connectivity index (χ2n) is 5.22. The van der Waals surface area contributed by atoms with Crippen LogP contribution in [0.4, 0.5) is 5.69 Å². The second kappa shape index (κ2) is 6.29. The molecule has 3 heterocycles. The highest BCUT2D eigenvalue weighted by Gasteiger charge is 2.09. The van der Waals surface area contributed by atoms with Crippen molar-refractivity contribution >= 4 is 33.3 Å². The maximum absolute atomic E-state index is 12.1. The molecule has 0 aliphatic rings. The van der Waals surface area contributed by atoms with Crippen LogP contribution in [0.2, 0.25) is 0 Å². The molecule has 0 saturated heterocycles. The van der Waals surface area contributed by atoms with Gasteiger partial charge in [-0.15, -0.1) is 0 Å². The molecule has 0 bridgehead atoms. The Balaban J connectivity index is 1.54. The monoisotopic (exact) mass is 349 g/mol. The predicted octanol–water partition coefficient (Wildman–Crippen LogP) is 3.56. The summed E-state index contributed by atoms with van der Waals surface area (Å²) in [6.07, 6.45) is 2.88. The van der Waals surface area contributed by atoms with E-state index in [9.17, 15) is 9.59 Å². The molecule has 1 aromatic carbocycles. The summed E-state index contributed by atoms with van der Waals surface area (Å²) in [5, 5.41) is 3.62. The lowest BCUT2D eigenvalue weighted by Crippen LogP contribution is -2.12. The molecule has 6 nitrogen and oxygen atoms in total. The van der Waals surface area contributed by atoms with Gasteiger partial charge in [0.05, 0.1) is 5.56 Å². The fourth-order valence-electron chi connectivity index (χ4n) is 2.28. The third-order valence-corrected chi connectivity index (χ3v) is 4.55. The highest BCUT2D eigenvalue weighted by atomic mass is 32.1. The second-order valence-corrected chi connectivity index (χ2v) is 6.20. The molecule has 0 unspecified atom stereocenters. The SMILES string of the molecule is O=C(Nc1ccc(-c2nc3cccnc3s2)cc1)c1ccc(=O)oc1. The first-order valence-corrected chi connectivity index (χ1v) is 8.23. The lowest BCUT2D eigenvalue weighted by atomic mass is 10.2. The number of hydrogen-bond donors (Lipinski definition) is 1. The van der Waals surface area contributed by atoms with Crippen LogP contribution in [-0.2, 0) is 0 Å². The molecule has 0 fully saturated rings. The maximum Gasteiger partial charge on any atom is 0.335 e. The van der Waals surface area contributed by atoms with E-state index >= 15 is 0 Å². The first kappa shape index (κ1) is 15.2. The summed E-state index contributed by atoms with van der Waals surface area (Å²) in [6.45, 7) is 0. The summed E-state index contributed by atoms with van der Waals surface area (Å²) >= 11 is 1.52. The summed E-state index contributed by atoms with van der Waals surface area (Å²) < 4.78 is 4.69. The fraction of sp³-hybridized carbons (Fsp3) is 0. The minimum Gasteiger partial charge on any atom is -0.430 e. The van der Waals surface area contributed by atoms with Crippen LogP contribution < -0.4 is 10.9 Å². The highest BCUT2D eigenvalue weighted by Crippen LogP contribution is 2.29. The van der Waals surface area contributed by atoms with Gasteiger partial charge in [-0.1, -0.05) is 11.3 Å². The van der Waals surface area contributed by atoms with Gasteiger partial charge in [0, 0.05) is 23.5 Å². The van der Waals surface area contributed by atoms with Crippen LogP contribution in [0.3, 0.4) is 0 Å². The summed E-state index contributed by atoms with van der Waals surface area (Å²) in [5.74, 6) is -0.347. The largest absolute Gasteiger partial charge is 0.430 e. The highest BCUT2D eigenvalue weighted by molar-refractivity contribution is 7.21. The molecule has 1 amide bonds. The molecule has 4 aromatic rings. The van der Waals surface area contributed by atoms with Crippen LogP contribution in [0, 0.1) is 0 Å². The van der Waals surface area contributed by atoms with E-state index in [0.717, 1.165) is 27.2 Å². The fourth-order valence-corrected chi connectivity index (χ4v) is 3.19. The third-order valence-electron chi connectivity index (χ3n) is 3.52.